The number of nitrogens with one attached hydrogen (secondary N) is 1. The second-order valence-corrected chi connectivity index (χ2v) is 5.38. The van der Waals surface area contributed by atoms with E-state index in [-0.39, 0.29) is 0 Å². The van der Waals surface area contributed by atoms with E-state index in [0.29, 0.717) is 11.6 Å². The smallest absolute Gasteiger partial charge is 0.252 e. The molecule has 1 saturated heterocycles. The molecule has 0 radical (unpaired) electrons. The van der Waals surface area contributed by atoms with Crippen molar-refractivity contribution in [1.29, 1.82) is 0 Å². The predicted molar refractivity (Wildman–Crippen MR) is 81.0 cm³/mol. The van der Waals surface area contributed by atoms with E-state index in [9.17, 15) is 4.79 Å². The van der Waals surface area contributed by atoms with Crippen LogP contribution < -0.4 is 16.0 Å². The van der Waals surface area contributed by atoms with Gasteiger partial charge in [0.2, 0.25) is 0 Å². The largest absolute Gasteiger partial charge is 0.365 e. The number of anilines is 1. The third kappa shape index (κ3) is 3.28. The number of aryl methyl sites for hydroxylation is 1. The zero-order valence-electron chi connectivity index (χ0n) is 12.4. The minimum absolute atomic E-state index is 0.385. The molecule has 20 heavy (non-hydrogen) atoms. The minimum atomic E-state index is -0.405. The number of carbonyl (C=O) groups excluding carboxylic acids is 1. The Morgan fingerprint density at radius 3 is 2.95 bits per heavy atom. The van der Waals surface area contributed by atoms with Crippen LogP contribution in [0.5, 0.6) is 0 Å². The first-order valence-electron chi connectivity index (χ1n) is 7.38. The van der Waals surface area contributed by atoms with Crippen LogP contribution in [0.15, 0.2) is 12.1 Å². The highest BCUT2D eigenvalue weighted by Crippen LogP contribution is 2.23. The molecule has 2 rings (SSSR count). The third-order valence-electron chi connectivity index (χ3n) is 3.73. The van der Waals surface area contributed by atoms with E-state index in [0.717, 1.165) is 50.4 Å². The number of piperidine rings is 1. The number of primary amides is 1. The highest BCUT2D eigenvalue weighted by atomic mass is 16.1. The normalized spacial score (nSPS) is 18.8. The van der Waals surface area contributed by atoms with Gasteiger partial charge in [-0.3, -0.25) is 4.79 Å². The van der Waals surface area contributed by atoms with Crippen LogP contribution in [0, 0.1) is 6.92 Å². The van der Waals surface area contributed by atoms with Gasteiger partial charge in [0.1, 0.15) is 5.82 Å². The quantitative estimate of drug-likeness (QED) is 0.854. The molecular formula is C15H24N4O. The predicted octanol–water partition coefficient (Wildman–Crippen LogP) is 1.46. The minimum Gasteiger partial charge on any atom is -0.365 e. The fourth-order valence-electron chi connectivity index (χ4n) is 2.76. The van der Waals surface area contributed by atoms with E-state index in [1.807, 2.05) is 13.0 Å². The van der Waals surface area contributed by atoms with Crippen LogP contribution in [0.2, 0.25) is 0 Å². The molecule has 5 heteroatoms. The third-order valence-corrected chi connectivity index (χ3v) is 3.73. The van der Waals surface area contributed by atoms with Gasteiger partial charge in [0.05, 0.1) is 5.56 Å². The van der Waals surface area contributed by atoms with E-state index in [1.54, 1.807) is 6.07 Å². The molecule has 1 aliphatic heterocycles. The molecule has 110 valence electrons. The highest BCUT2D eigenvalue weighted by molar-refractivity contribution is 5.97. The van der Waals surface area contributed by atoms with Crippen LogP contribution in [0.3, 0.4) is 0 Å². The van der Waals surface area contributed by atoms with Crippen LogP contribution in [0.4, 0.5) is 5.82 Å². The average molecular weight is 276 g/mol. The maximum absolute atomic E-state index is 11.7. The highest BCUT2D eigenvalue weighted by Gasteiger charge is 2.25. The van der Waals surface area contributed by atoms with Crippen molar-refractivity contribution in [3.05, 3.63) is 23.4 Å². The molecule has 1 aromatic rings. The number of nitrogens with zero attached hydrogens (tertiary/aromatic N) is 2. The molecule has 1 unspecified atom stereocenters. The van der Waals surface area contributed by atoms with E-state index in [4.69, 9.17) is 5.73 Å². The Morgan fingerprint density at radius 1 is 1.55 bits per heavy atom. The van der Waals surface area contributed by atoms with Gasteiger partial charge in [-0.05, 0) is 44.9 Å². The summed E-state index contributed by atoms with van der Waals surface area (Å²) in [5.41, 5.74) is 6.94. The summed E-state index contributed by atoms with van der Waals surface area (Å²) in [5.74, 6) is 0.338. The molecule has 0 aromatic carbocycles. The van der Waals surface area contributed by atoms with Gasteiger partial charge in [0.25, 0.3) is 5.91 Å². The summed E-state index contributed by atoms with van der Waals surface area (Å²) in [7, 11) is 0. The van der Waals surface area contributed by atoms with Crippen LogP contribution in [-0.4, -0.2) is 36.6 Å². The Morgan fingerprint density at radius 2 is 2.35 bits per heavy atom. The van der Waals surface area contributed by atoms with Crippen molar-refractivity contribution in [2.75, 3.05) is 24.5 Å². The first kappa shape index (κ1) is 14.8. The Labute approximate surface area is 120 Å². The number of pyridine rings is 1. The lowest BCUT2D eigenvalue weighted by Gasteiger charge is -2.36. The van der Waals surface area contributed by atoms with Gasteiger partial charge in [-0.25, -0.2) is 4.98 Å². The molecular weight excluding hydrogens is 252 g/mol. The summed E-state index contributed by atoms with van der Waals surface area (Å²) < 4.78 is 0. The molecule has 1 fully saturated rings. The van der Waals surface area contributed by atoms with E-state index in [1.165, 1.54) is 0 Å². The lowest BCUT2D eigenvalue weighted by Crippen LogP contribution is -2.47. The van der Waals surface area contributed by atoms with Crippen molar-refractivity contribution in [1.82, 2.24) is 10.3 Å². The molecule has 0 bridgehead atoms. The second-order valence-electron chi connectivity index (χ2n) is 5.38. The summed E-state index contributed by atoms with van der Waals surface area (Å²) in [6.07, 6.45) is 3.30. The van der Waals surface area contributed by atoms with Gasteiger partial charge in [-0.15, -0.1) is 0 Å². The monoisotopic (exact) mass is 276 g/mol. The van der Waals surface area contributed by atoms with Crippen LogP contribution in [-0.2, 0) is 0 Å². The van der Waals surface area contributed by atoms with Crippen molar-refractivity contribution in [2.24, 2.45) is 5.73 Å². The summed E-state index contributed by atoms with van der Waals surface area (Å²) in [4.78, 5) is 18.5. The molecule has 0 aliphatic carbocycles. The maximum Gasteiger partial charge on any atom is 0.252 e. The van der Waals surface area contributed by atoms with Gasteiger partial charge in [-0.2, -0.15) is 0 Å². The Kier molecular flexibility index (Phi) is 4.95. The standard InChI is InChI=1S/C15H24N4O/c1-3-9-19(12-5-4-8-17-10-12)15-13(14(16)20)7-6-11(2)18-15/h6-7,12,17H,3-5,8-10H2,1-2H3,(H2,16,20). The van der Waals surface area contributed by atoms with Crippen LogP contribution >= 0.6 is 0 Å². The zero-order valence-corrected chi connectivity index (χ0v) is 12.4. The summed E-state index contributed by atoms with van der Waals surface area (Å²) in [6.45, 7) is 6.98. The zero-order chi connectivity index (χ0) is 14.5. The Hall–Kier alpha value is -1.62. The fourth-order valence-corrected chi connectivity index (χ4v) is 2.76. The average Bonchev–Trinajstić information content (AvgIpc) is 2.45. The summed E-state index contributed by atoms with van der Waals surface area (Å²) in [6, 6.07) is 4.02. The van der Waals surface area contributed by atoms with Crippen molar-refractivity contribution in [3.63, 3.8) is 0 Å². The van der Waals surface area contributed by atoms with Gasteiger partial charge in [0.15, 0.2) is 0 Å². The maximum atomic E-state index is 11.7. The number of hydrogen-bond acceptors (Lipinski definition) is 4. The van der Waals surface area contributed by atoms with Crippen molar-refractivity contribution >= 4 is 11.7 Å². The molecule has 3 N–H and O–H groups in total. The first-order chi connectivity index (χ1) is 9.63. The molecule has 1 aliphatic rings. The van der Waals surface area contributed by atoms with Crippen molar-refractivity contribution in [3.8, 4) is 0 Å². The number of carbonyl (C=O) groups is 1. The summed E-state index contributed by atoms with van der Waals surface area (Å²) >= 11 is 0. The number of amides is 1. The number of nitrogens with two attached hydrogens (primary N) is 1. The summed E-state index contributed by atoms with van der Waals surface area (Å²) in [5, 5.41) is 3.42. The molecule has 1 aromatic heterocycles. The number of aromatic nitrogens is 1. The van der Waals surface area contributed by atoms with Crippen molar-refractivity contribution < 1.29 is 4.79 Å². The topological polar surface area (TPSA) is 71.2 Å². The molecule has 1 amide bonds. The molecule has 0 spiro atoms. The molecule has 1 atom stereocenters. The van der Waals surface area contributed by atoms with Crippen molar-refractivity contribution in [2.45, 2.75) is 39.2 Å². The molecule has 2 heterocycles. The number of hydrogen-bond donors (Lipinski definition) is 2. The lowest BCUT2D eigenvalue weighted by molar-refractivity contribution is 0.100. The molecule has 0 saturated carbocycles. The van der Waals surface area contributed by atoms with Gasteiger partial charge >= 0.3 is 0 Å². The van der Waals surface area contributed by atoms with Gasteiger partial charge in [-0.1, -0.05) is 6.92 Å². The van der Waals surface area contributed by atoms with E-state index >= 15 is 0 Å². The SMILES string of the molecule is CCCN(c1nc(C)ccc1C(N)=O)C1CCCNC1. The van der Waals surface area contributed by atoms with Gasteiger partial charge in [0, 0.05) is 24.8 Å². The van der Waals surface area contributed by atoms with Crippen LogP contribution in [0.1, 0.15) is 42.2 Å². The molecule has 5 nitrogen and oxygen atoms in total. The van der Waals surface area contributed by atoms with E-state index in [2.05, 4.69) is 22.1 Å². The second kappa shape index (κ2) is 6.70. The number of rotatable bonds is 5. The van der Waals surface area contributed by atoms with Gasteiger partial charge < -0.3 is 16.0 Å². The van der Waals surface area contributed by atoms with Crippen LogP contribution in [0.25, 0.3) is 0 Å². The fraction of sp³-hybridized carbons (Fsp3) is 0.600. The Balaban J connectivity index is 2.36. The first-order valence-corrected chi connectivity index (χ1v) is 7.38. The van der Waals surface area contributed by atoms with E-state index < -0.39 is 5.91 Å². The Bertz CT molecular complexity index is 469. The lowest BCUT2D eigenvalue weighted by atomic mass is 10.0.